The molecule has 1 atom stereocenters. The van der Waals surface area contributed by atoms with Crippen LogP contribution in [0.1, 0.15) is 22.0 Å². The summed E-state index contributed by atoms with van der Waals surface area (Å²) in [5.41, 5.74) is 2.91. The molecule has 1 unspecified atom stereocenters. The molecule has 0 bridgehead atoms. The van der Waals surface area contributed by atoms with Crippen molar-refractivity contribution in [3.8, 4) is 23.0 Å². The molecule has 33 heavy (non-hydrogen) atoms. The summed E-state index contributed by atoms with van der Waals surface area (Å²) in [7, 11) is 3.14. The number of carbonyl (C=O) groups excluding carboxylic acids is 1. The van der Waals surface area contributed by atoms with E-state index in [-0.39, 0.29) is 17.7 Å². The van der Waals surface area contributed by atoms with Crippen LogP contribution in [-0.4, -0.2) is 36.1 Å². The van der Waals surface area contributed by atoms with Gasteiger partial charge in [-0.25, -0.2) is 0 Å². The van der Waals surface area contributed by atoms with Gasteiger partial charge in [0, 0.05) is 10.4 Å². The van der Waals surface area contributed by atoms with Crippen molar-refractivity contribution in [1.82, 2.24) is 15.5 Å². The zero-order valence-corrected chi connectivity index (χ0v) is 20.0. The van der Waals surface area contributed by atoms with E-state index in [2.05, 4.69) is 15.5 Å². The van der Waals surface area contributed by atoms with Gasteiger partial charge in [-0.1, -0.05) is 47.7 Å². The summed E-state index contributed by atoms with van der Waals surface area (Å²) in [6.45, 7) is 2.04. The summed E-state index contributed by atoms with van der Waals surface area (Å²) >= 11 is 2.81. The van der Waals surface area contributed by atoms with Gasteiger partial charge in [0.1, 0.15) is 0 Å². The van der Waals surface area contributed by atoms with Crippen molar-refractivity contribution >= 4 is 29.0 Å². The molecule has 1 amide bonds. The largest absolute Gasteiger partial charge is 0.493 e. The molecule has 1 N–H and O–H groups in total. The van der Waals surface area contributed by atoms with Gasteiger partial charge in [-0.15, -0.1) is 21.5 Å². The molecule has 7 nitrogen and oxygen atoms in total. The normalized spacial score (nSPS) is 11.7. The van der Waals surface area contributed by atoms with Gasteiger partial charge >= 0.3 is 0 Å². The number of nitrogens with one attached hydrogen (secondary N) is 1. The van der Waals surface area contributed by atoms with Crippen molar-refractivity contribution in [3.05, 3.63) is 76.0 Å². The first-order valence-electron chi connectivity index (χ1n) is 10.2. The number of thiophene rings is 1. The maximum atomic E-state index is 12.7. The van der Waals surface area contributed by atoms with Crippen LogP contribution in [0.25, 0.3) is 11.5 Å². The number of hydrogen-bond donors (Lipinski definition) is 1. The predicted octanol–water partition coefficient (Wildman–Crippen LogP) is 5.12. The first-order valence-corrected chi connectivity index (χ1v) is 12.0. The molecule has 0 spiro atoms. The smallest absolute Gasteiger partial charge is 0.277 e. The maximum absolute atomic E-state index is 12.7. The fraction of sp³-hybridized carbons (Fsp3) is 0.208. The average molecular weight is 482 g/mol. The van der Waals surface area contributed by atoms with Crippen molar-refractivity contribution in [1.29, 1.82) is 0 Å². The summed E-state index contributed by atoms with van der Waals surface area (Å²) in [5, 5.41) is 13.6. The van der Waals surface area contributed by atoms with Crippen LogP contribution in [0, 0.1) is 6.92 Å². The molecule has 9 heteroatoms. The van der Waals surface area contributed by atoms with Crippen LogP contribution in [0.5, 0.6) is 11.5 Å². The Kier molecular flexibility index (Phi) is 7.31. The number of thioether (sulfide) groups is 1. The Balaban J connectivity index is 1.41. The standard InChI is InChI=1S/C24H23N3O4S2/c1-15-6-8-16(9-7-15)22(20-5-4-12-32-20)25-21(28)14-33-24-27-26-23(31-24)17-10-11-18(29-2)19(13-17)30-3/h4-13,22H,14H2,1-3H3,(H,25,28). The number of hydrogen-bond acceptors (Lipinski definition) is 8. The predicted molar refractivity (Wildman–Crippen MR) is 129 cm³/mol. The van der Waals surface area contributed by atoms with E-state index in [0.717, 1.165) is 10.4 Å². The highest BCUT2D eigenvalue weighted by atomic mass is 32.2. The molecule has 0 saturated carbocycles. The molecule has 0 aliphatic carbocycles. The lowest BCUT2D eigenvalue weighted by molar-refractivity contribution is -0.119. The van der Waals surface area contributed by atoms with Gasteiger partial charge in [-0.3, -0.25) is 4.79 Å². The molecule has 0 aliphatic heterocycles. The summed E-state index contributed by atoms with van der Waals surface area (Å²) in [4.78, 5) is 13.8. The highest BCUT2D eigenvalue weighted by molar-refractivity contribution is 7.99. The molecule has 4 rings (SSSR count). The van der Waals surface area contributed by atoms with Crippen LogP contribution < -0.4 is 14.8 Å². The van der Waals surface area contributed by atoms with Crippen molar-refractivity contribution in [2.75, 3.05) is 20.0 Å². The number of ether oxygens (including phenoxy) is 2. The third kappa shape index (κ3) is 5.55. The number of carbonyl (C=O) groups is 1. The van der Waals surface area contributed by atoms with Gasteiger partial charge in [-0.2, -0.15) is 0 Å². The summed E-state index contributed by atoms with van der Waals surface area (Å²) in [6, 6.07) is 17.3. The number of nitrogens with zero attached hydrogens (tertiary/aromatic N) is 2. The van der Waals surface area contributed by atoms with Gasteiger partial charge in [0.15, 0.2) is 11.5 Å². The number of aromatic nitrogens is 2. The van der Waals surface area contributed by atoms with Crippen LogP contribution in [0.2, 0.25) is 0 Å². The monoisotopic (exact) mass is 481 g/mol. The quantitative estimate of drug-likeness (QED) is 0.332. The summed E-state index contributed by atoms with van der Waals surface area (Å²) in [6.07, 6.45) is 0. The molecule has 0 saturated heterocycles. The maximum Gasteiger partial charge on any atom is 0.277 e. The van der Waals surface area contributed by atoms with Gasteiger partial charge in [0.25, 0.3) is 5.22 Å². The van der Waals surface area contributed by atoms with Gasteiger partial charge in [0.05, 0.1) is 26.0 Å². The van der Waals surface area contributed by atoms with E-state index in [0.29, 0.717) is 28.2 Å². The van der Waals surface area contributed by atoms with E-state index in [1.54, 1.807) is 37.7 Å². The highest BCUT2D eigenvalue weighted by Gasteiger charge is 2.19. The zero-order chi connectivity index (χ0) is 23.2. The van der Waals surface area contributed by atoms with Crippen LogP contribution in [-0.2, 0) is 4.79 Å². The topological polar surface area (TPSA) is 86.5 Å². The SMILES string of the molecule is COc1ccc(-c2nnc(SCC(=O)NC(c3ccc(C)cc3)c3cccs3)o2)cc1OC. The Morgan fingerprint density at radius 3 is 2.58 bits per heavy atom. The van der Waals surface area contributed by atoms with Crippen LogP contribution in [0.4, 0.5) is 0 Å². The molecular formula is C24H23N3O4S2. The zero-order valence-electron chi connectivity index (χ0n) is 18.4. The molecular weight excluding hydrogens is 458 g/mol. The second kappa shape index (κ2) is 10.5. The molecule has 4 aromatic rings. The fourth-order valence-corrected chi connectivity index (χ4v) is 4.59. The van der Waals surface area contributed by atoms with E-state index < -0.39 is 0 Å². The number of aryl methyl sites for hydroxylation is 1. The van der Waals surface area contributed by atoms with Crippen molar-refractivity contribution in [2.45, 2.75) is 18.2 Å². The lowest BCUT2D eigenvalue weighted by atomic mass is 10.0. The highest BCUT2D eigenvalue weighted by Crippen LogP contribution is 2.33. The first-order chi connectivity index (χ1) is 16.1. The number of rotatable bonds is 9. The van der Waals surface area contributed by atoms with Crippen LogP contribution in [0.3, 0.4) is 0 Å². The average Bonchev–Trinajstić information content (AvgIpc) is 3.54. The molecule has 2 aromatic carbocycles. The van der Waals surface area contributed by atoms with Gasteiger partial charge in [-0.05, 0) is 42.1 Å². The van der Waals surface area contributed by atoms with E-state index in [1.165, 1.54) is 17.3 Å². The Bertz CT molecular complexity index is 1210. The number of amides is 1. The van der Waals surface area contributed by atoms with Gasteiger partial charge in [0.2, 0.25) is 11.8 Å². The van der Waals surface area contributed by atoms with Crippen molar-refractivity contribution in [3.63, 3.8) is 0 Å². The van der Waals surface area contributed by atoms with E-state index in [1.807, 2.05) is 54.8 Å². The number of benzene rings is 2. The van der Waals surface area contributed by atoms with Crippen molar-refractivity contribution < 1.29 is 18.7 Å². The number of methoxy groups -OCH3 is 2. The third-order valence-electron chi connectivity index (χ3n) is 4.91. The summed E-state index contributed by atoms with van der Waals surface area (Å²) < 4.78 is 16.3. The Morgan fingerprint density at radius 1 is 1.09 bits per heavy atom. The molecule has 0 fully saturated rings. The Morgan fingerprint density at radius 2 is 1.88 bits per heavy atom. The molecule has 0 aliphatic rings. The second-order valence-electron chi connectivity index (χ2n) is 7.16. The third-order valence-corrected chi connectivity index (χ3v) is 6.66. The van der Waals surface area contributed by atoms with E-state index in [4.69, 9.17) is 13.9 Å². The van der Waals surface area contributed by atoms with Crippen LogP contribution in [0.15, 0.2) is 69.6 Å². The van der Waals surface area contributed by atoms with Crippen LogP contribution >= 0.6 is 23.1 Å². The Labute approximate surface area is 200 Å². The Hall–Kier alpha value is -3.30. The minimum atomic E-state index is -0.205. The van der Waals surface area contributed by atoms with Gasteiger partial charge < -0.3 is 19.2 Å². The molecule has 2 heterocycles. The van der Waals surface area contributed by atoms with E-state index in [9.17, 15) is 4.79 Å². The summed E-state index contributed by atoms with van der Waals surface area (Å²) in [5.74, 6) is 1.56. The minimum Gasteiger partial charge on any atom is -0.493 e. The molecule has 170 valence electrons. The molecule has 0 radical (unpaired) electrons. The molecule has 2 aromatic heterocycles. The first kappa shape index (κ1) is 22.9. The van der Waals surface area contributed by atoms with E-state index >= 15 is 0 Å². The van der Waals surface area contributed by atoms with Crippen molar-refractivity contribution in [2.24, 2.45) is 0 Å². The lowest BCUT2D eigenvalue weighted by Gasteiger charge is -2.18. The lowest BCUT2D eigenvalue weighted by Crippen LogP contribution is -2.30. The minimum absolute atomic E-state index is 0.121. The fourth-order valence-electron chi connectivity index (χ4n) is 3.22. The second-order valence-corrected chi connectivity index (χ2v) is 9.06.